The van der Waals surface area contributed by atoms with E-state index in [1.54, 1.807) is 6.07 Å². The van der Waals surface area contributed by atoms with Crippen molar-refractivity contribution in [2.24, 2.45) is 0 Å². The molecule has 1 N–H and O–H groups in total. The summed E-state index contributed by atoms with van der Waals surface area (Å²) in [5.74, 6) is 1.22. The molecule has 35 heavy (non-hydrogen) atoms. The second kappa shape index (κ2) is 10.1. The molecule has 4 rings (SSSR count). The number of halogens is 3. The molecule has 1 fully saturated rings. The number of carbonyl (C=O) groups is 1. The summed E-state index contributed by atoms with van der Waals surface area (Å²) in [7, 11) is 0. The Labute approximate surface area is 200 Å². The van der Waals surface area contributed by atoms with Crippen molar-refractivity contribution in [1.29, 1.82) is 5.26 Å². The quantitative estimate of drug-likeness (QED) is 0.547. The average molecular weight is 483 g/mol. The number of urea groups is 1. The zero-order valence-corrected chi connectivity index (χ0v) is 19.1. The maximum absolute atomic E-state index is 13.3. The topological polar surface area (TPSA) is 81.5 Å². The Morgan fingerprint density at radius 3 is 2.69 bits per heavy atom. The SMILES string of the molecule is CCOc1ccc2nc(N3CCCN(C(=O)Nc4ccccc4C(F)(F)F)CC3)c(C#N)cc2c1. The minimum absolute atomic E-state index is 0.272. The number of benzene rings is 2. The number of aromatic nitrogens is 1. The molecule has 2 aromatic carbocycles. The highest BCUT2D eigenvalue weighted by atomic mass is 19.4. The Bertz CT molecular complexity index is 1270. The van der Waals surface area contributed by atoms with Crippen LogP contribution in [0.2, 0.25) is 0 Å². The second-order valence-electron chi connectivity index (χ2n) is 8.06. The van der Waals surface area contributed by atoms with Crippen molar-refractivity contribution in [3.63, 3.8) is 0 Å². The lowest BCUT2D eigenvalue weighted by molar-refractivity contribution is -0.136. The first-order valence-corrected chi connectivity index (χ1v) is 11.2. The minimum Gasteiger partial charge on any atom is -0.494 e. The normalized spacial score (nSPS) is 14.4. The van der Waals surface area contributed by atoms with Crippen LogP contribution in [0.15, 0.2) is 48.5 Å². The molecule has 1 aliphatic rings. The highest BCUT2D eigenvalue weighted by Gasteiger charge is 2.34. The number of hydrogen-bond acceptors (Lipinski definition) is 5. The monoisotopic (exact) mass is 483 g/mol. The third-order valence-electron chi connectivity index (χ3n) is 5.75. The zero-order valence-electron chi connectivity index (χ0n) is 19.1. The fourth-order valence-corrected chi connectivity index (χ4v) is 4.09. The molecule has 0 bridgehead atoms. The molecule has 0 saturated carbocycles. The van der Waals surface area contributed by atoms with Gasteiger partial charge in [-0.05, 0) is 49.7 Å². The van der Waals surface area contributed by atoms with Crippen LogP contribution in [0.25, 0.3) is 10.9 Å². The molecular weight excluding hydrogens is 459 g/mol. The van der Waals surface area contributed by atoms with Gasteiger partial charge in [-0.1, -0.05) is 12.1 Å². The van der Waals surface area contributed by atoms with Crippen LogP contribution in [-0.2, 0) is 6.18 Å². The van der Waals surface area contributed by atoms with E-state index in [0.29, 0.717) is 55.3 Å². The van der Waals surface area contributed by atoms with E-state index < -0.39 is 17.8 Å². The van der Waals surface area contributed by atoms with Gasteiger partial charge in [0.2, 0.25) is 0 Å². The third kappa shape index (κ3) is 5.40. The lowest BCUT2D eigenvalue weighted by atomic mass is 10.1. The minimum atomic E-state index is -4.57. The molecule has 10 heteroatoms. The molecule has 2 amide bonds. The van der Waals surface area contributed by atoms with E-state index in [0.717, 1.165) is 11.5 Å². The molecule has 2 heterocycles. The maximum atomic E-state index is 13.3. The van der Waals surface area contributed by atoms with Crippen LogP contribution in [0.3, 0.4) is 0 Å². The molecule has 182 valence electrons. The molecule has 0 atom stereocenters. The van der Waals surface area contributed by atoms with Gasteiger partial charge in [0.15, 0.2) is 0 Å². The first-order chi connectivity index (χ1) is 16.8. The van der Waals surface area contributed by atoms with Crippen molar-refractivity contribution in [3.05, 3.63) is 59.7 Å². The van der Waals surface area contributed by atoms with Gasteiger partial charge in [-0.25, -0.2) is 9.78 Å². The Hall–Kier alpha value is -4.00. The molecular formula is C25H24F3N5O2. The number of pyridine rings is 1. The smallest absolute Gasteiger partial charge is 0.418 e. The van der Waals surface area contributed by atoms with Crippen LogP contribution in [0.5, 0.6) is 5.75 Å². The first-order valence-electron chi connectivity index (χ1n) is 11.2. The van der Waals surface area contributed by atoms with Gasteiger partial charge in [0.05, 0.1) is 28.9 Å². The van der Waals surface area contributed by atoms with Crippen LogP contribution in [0.4, 0.5) is 29.5 Å². The number of amides is 2. The fraction of sp³-hybridized carbons (Fsp3) is 0.320. The van der Waals surface area contributed by atoms with E-state index in [4.69, 9.17) is 9.72 Å². The highest BCUT2D eigenvalue weighted by molar-refractivity contribution is 5.90. The number of nitrogens with one attached hydrogen (secondary N) is 1. The fourth-order valence-electron chi connectivity index (χ4n) is 4.09. The maximum Gasteiger partial charge on any atom is 0.418 e. The van der Waals surface area contributed by atoms with Crippen LogP contribution in [0, 0.1) is 11.3 Å². The summed E-state index contributed by atoms with van der Waals surface area (Å²) in [4.78, 5) is 20.9. The van der Waals surface area contributed by atoms with Crippen molar-refractivity contribution in [1.82, 2.24) is 9.88 Å². The van der Waals surface area contributed by atoms with Gasteiger partial charge in [-0.3, -0.25) is 0 Å². The lowest BCUT2D eigenvalue weighted by Gasteiger charge is -2.24. The zero-order chi connectivity index (χ0) is 25.0. The van der Waals surface area contributed by atoms with Gasteiger partial charge in [-0.2, -0.15) is 18.4 Å². The molecule has 1 aliphatic heterocycles. The number of ether oxygens (including phenoxy) is 1. The summed E-state index contributed by atoms with van der Waals surface area (Å²) >= 11 is 0. The summed E-state index contributed by atoms with van der Waals surface area (Å²) in [5.41, 5.74) is -0.0509. The average Bonchev–Trinajstić information content (AvgIpc) is 3.09. The Kier molecular flexibility index (Phi) is 6.96. The number of rotatable bonds is 4. The number of fused-ring (bicyclic) bond motifs is 1. The highest BCUT2D eigenvalue weighted by Crippen LogP contribution is 2.34. The van der Waals surface area contributed by atoms with E-state index in [2.05, 4.69) is 11.4 Å². The predicted molar refractivity (Wildman–Crippen MR) is 126 cm³/mol. The van der Waals surface area contributed by atoms with E-state index in [9.17, 15) is 23.2 Å². The lowest BCUT2D eigenvalue weighted by Crippen LogP contribution is -2.38. The van der Waals surface area contributed by atoms with Gasteiger partial charge < -0.3 is 19.9 Å². The van der Waals surface area contributed by atoms with Crippen molar-refractivity contribution in [2.45, 2.75) is 19.5 Å². The summed E-state index contributed by atoms with van der Waals surface area (Å²) in [6.45, 7) is 4.00. The molecule has 7 nitrogen and oxygen atoms in total. The van der Waals surface area contributed by atoms with E-state index in [1.807, 2.05) is 30.0 Å². The van der Waals surface area contributed by atoms with Crippen LogP contribution in [0.1, 0.15) is 24.5 Å². The molecule has 0 aliphatic carbocycles. The van der Waals surface area contributed by atoms with Crippen molar-refractivity contribution in [2.75, 3.05) is 43.0 Å². The third-order valence-corrected chi connectivity index (χ3v) is 5.75. The molecule has 1 aromatic heterocycles. The number of nitriles is 1. The second-order valence-corrected chi connectivity index (χ2v) is 8.06. The molecule has 1 saturated heterocycles. The molecule has 3 aromatic rings. The van der Waals surface area contributed by atoms with Crippen molar-refractivity contribution in [3.8, 4) is 11.8 Å². The van der Waals surface area contributed by atoms with Crippen LogP contribution < -0.4 is 15.0 Å². The van der Waals surface area contributed by atoms with Gasteiger partial charge in [0, 0.05) is 31.6 Å². The van der Waals surface area contributed by atoms with Crippen LogP contribution >= 0.6 is 0 Å². The Balaban J connectivity index is 1.51. The number of hydrogen-bond donors (Lipinski definition) is 1. The summed E-state index contributed by atoms with van der Waals surface area (Å²) in [5, 5.41) is 12.9. The first kappa shape index (κ1) is 24.1. The number of alkyl halides is 3. The summed E-state index contributed by atoms with van der Waals surface area (Å²) < 4.78 is 45.4. The summed E-state index contributed by atoms with van der Waals surface area (Å²) in [6.07, 6.45) is -4.00. The van der Waals surface area contributed by atoms with E-state index in [-0.39, 0.29) is 12.2 Å². The Morgan fingerprint density at radius 2 is 1.94 bits per heavy atom. The van der Waals surface area contributed by atoms with Crippen molar-refractivity contribution < 1.29 is 22.7 Å². The van der Waals surface area contributed by atoms with Gasteiger partial charge in [0.25, 0.3) is 0 Å². The summed E-state index contributed by atoms with van der Waals surface area (Å²) in [6, 6.07) is 13.8. The predicted octanol–water partition coefficient (Wildman–Crippen LogP) is 5.27. The largest absolute Gasteiger partial charge is 0.494 e. The molecule has 0 spiro atoms. The van der Waals surface area contributed by atoms with Gasteiger partial charge in [-0.15, -0.1) is 0 Å². The van der Waals surface area contributed by atoms with E-state index >= 15 is 0 Å². The van der Waals surface area contributed by atoms with Crippen LogP contribution in [-0.4, -0.2) is 48.7 Å². The van der Waals surface area contributed by atoms with E-state index in [1.165, 1.54) is 23.1 Å². The molecule has 0 radical (unpaired) electrons. The number of nitrogens with zero attached hydrogens (tertiary/aromatic N) is 4. The van der Waals surface area contributed by atoms with Crippen molar-refractivity contribution >= 4 is 28.4 Å². The Morgan fingerprint density at radius 1 is 1.14 bits per heavy atom. The number of carbonyl (C=O) groups excluding carboxylic acids is 1. The van der Waals surface area contributed by atoms with Gasteiger partial charge in [0.1, 0.15) is 17.6 Å². The standard InChI is InChI=1S/C25H24F3N5O2/c1-2-35-19-8-9-21-17(15-19)14-18(16-29)23(30-21)32-10-5-11-33(13-12-32)24(34)31-22-7-4-3-6-20(22)25(26,27)28/h3-4,6-9,14-15H,2,5,10-13H2,1H3,(H,31,34). The number of anilines is 2. The molecule has 0 unspecified atom stereocenters. The number of para-hydroxylation sites is 1. The van der Waals surface area contributed by atoms with Gasteiger partial charge >= 0.3 is 12.2 Å².